The summed E-state index contributed by atoms with van der Waals surface area (Å²) in [6.45, 7) is 0. The third-order valence-corrected chi connectivity index (χ3v) is 3.48. The molecule has 0 amide bonds. The number of nitrogens with one attached hydrogen (secondary N) is 1. The molecule has 0 fully saturated rings. The number of aromatic nitrogens is 2. The highest BCUT2D eigenvalue weighted by atomic mass is 16.5. The van der Waals surface area contributed by atoms with Gasteiger partial charge in [-0.25, -0.2) is 0 Å². The molecule has 0 bridgehead atoms. The summed E-state index contributed by atoms with van der Waals surface area (Å²) in [7, 11) is 1.66. The number of benzene rings is 1. The number of para-hydroxylation sites is 1. The number of methoxy groups -OCH3 is 1. The van der Waals surface area contributed by atoms with E-state index in [-0.39, 0.29) is 11.7 Å². The lowest BCUT2D eigenvalue weighted by molar-refractivity contribution is 0.0964. The Bertz CT molecular complexity index is 589. The van der Waals surface area contributed by atoms with Gasteiger partial charge in [0.15, 0.2) is 5.78 Å². The van der Waals surface area contributed by atoms with Crippen molar-refractivity contribution in [3.8, 4) is 5.75 Å². The number of rotatable bonds is 2. The quantitative estimate of drug-likeness (QED) is 0.879. The van der Waals surface area contributed by atoms with Gasteiger partial charge in [0.2, 0.25) is 0 Å². The van der Waals surface area contributed by atoms with Crippen LogP contribution in [-0.4, -0.2) is 23.1 Å². The first kappa shape index (κ1) is 11.0. The highest BCUT2D eigenvalue weighted by Crippen LogP contribution is 2.35. The van der Waals surface area contributed by atoms with E-state index in [0.29, 0.717) is 6.42 Å². The molecule has 0 radical (unpaired) electrons. The standard InChI is InChI=1S/C14H14N2O2/c1-18-14-5-3-2-4-10(14)9-6-12-11(8-15-16-12)13(17)7-9/h2-5,8-9H,6-7H2,1H3,(H,15,16). The van der Waals surface area contributed by atoms with E-state index in [1.807, 2.05) is 24.3 Å². The van der Waals surface area contributed by atoms with Crippen LogP contribution in [0.2, 0.25) is 0 Å². The van der Waals surface area contributed by atoms with E-state index in [0.717, 1.165) is 29.0 Å². The number of fused-ring (bicyclic) bond motifs is 1. The van der Waals surface area contributed by atoms with Crippen LogP contribution in [0.5, 0.6) is 5.75 Å². The van der Waals surface area contributed by atoms with Gasteiger partial charge in [-0.1, -0.05) is 18.2 Å². The van der Waals surface area contributed by atoms with Crippen LogP contribution >= 0.6 is 0 Å². The lowest BCUT2D eigenvalue weighted by atomic mass is 9.82. The average Bonchev–Trinajstić information content (AvgIpc) is 2.87. The summed E-state index contributed by atoms with van der Waals surface area (Å²) in [5.74, 6) is 1.17. The molecule has 1 atom stereocenters. The normalized spacial score (nSPS) is 18.5. The largest absolute Gasteiger partial charge is 0.496 e. The molecular weight excluding hydrogens is 228 g/mol. The van der Waals surface area contributed by atoms with Crippen LogP contribution in [0.1, 0.15) is 34.0 Å². The zero-order chi connectivity index (χ0) is 12.5. The number of hydrogen-bond acceptors (Lipinski definition) is 3. The van der Waals surface area contributed by atoms with E-state index in [1.165, 1.54) is 0 Å². The van der Waals surface area contributed by atoms with Gasteiger partial charge in [0.05, 0.1) is 18.9 Å². The second-order valence-corrected chi connectivity index (χ2v) is 4.53. The Kier molecular flexibility index (Phi) is 2.63. The van der Waals surface area contributed by atoms with E-state index < -0.39 is 0 Å². The lowest BCUT2D eigenvalue weighted by Crippen LogP contribution is -2.18. The van der Waals surface area contributed by atoms with Crippen molar-refractivity contribution >= 4 is 5.78 Å². The first-order chi connectivity index (χ1) is 8.79. The fourth-order valence-electron chi connectivity index (χ4n) is 2.58. The Balaban J connectivity index is 1.98. The number of nitrogens with zero attached hydrogens (tertiary/aromatic N) is 1. The van der Waals surface area contributed by atoms with Crippen LogP contribution in [0.15, 0.2) is 30.5 Å². The first-order valence-corrected chi connectivity index (χ1v) is 5.98. The van der Waals surface area contributed by atoms with E-state index in [2.05, 4.69) is 10.2 Å². The summed E-state index contributed by atoms with van der Waals surface area (Å²) in [4.78, 5) is 12.0. The molecule has 1 heterocycles. The molecular formula is C14H14N2O2. The predicted molar refractivity (Wildman–Crippen MR) is 67.0 cm³/mol. The Morgan fingerprint density at radius 2 is 2.17 bits per heavy atom. The second kappa shape index (κ2) is 4.29. The van der Waals surface area contributed by atoms with Gasteiger partial charge in [0.1, 0.15) is 5.75 Å². The summed E-state index contributed by atoms with van der Waals surface area (Å²) in [5, 5.41) is 6.86. The summed E-state index contributed by atoms with van der Waals surface area (Å²) in [5.41, 5.74) is 2.76. The number of carbonyl (C=O) groups is 1. The van der Waals surface area contributed by atoms with Gasteiger partial charge in [-0.05, 0) is 18.1 Å². The van der Waals surface area contributed by atoms with E-state index in [1.54, 1.807) is 13.3 Å². The number of Topliss-reactive ketones (excluding diaryl/α,β-unsaturated/α-hetero) is 1. The molecule has 1 unspecified atom stereocenters. The van der Waals surface area contributed by atoms with Crippen LogP contribution < -0.4 is 4.74 Å². The Hall–Kier alpha value is -2.10. The van der Waals surface area contributed by atoms with Crippen molar-refractivity contribution < 1.29 is 9.53 Å². The van der Waals surface area contributed by atoms with Gasteiger partial charge in [0, 0.05) is 18.0 Å². The van der Waals surface area contributed by atoms with Crippen molar-refractivity contribution in [1.82, 2.24) is 10.2 Å². The summed E-state index contributed by atoms with van der Waals surface area (Å²) < 4.78 is 5.37. The molecule has 18 heavy (non-hydrogen) atoms. The van der Waals surface area contributed by atoms with Crippen LogP contribution in [0.25, 0.3) is 0 Å². The summed E-state index contributed by atoms with van der Waals surface area (Å²) in [6.07, 6.45) is 2.95. The maximum atomic E-state index is 12.0. The Labute approximate surface area is 105 Å². The van der Waals surface area contributed by atoms with Crippen molar-refractivity contribution in [3.05, 3.63) is 47.3 Å². The van der Waals surface area contributed by atoms with Gasteiger partial charge < -0.3 is 4.74 Å². The number of ketones is 1. The smallest absolute Gasteiger partial charge is 0.166 e. The van der Waals surface area contributed by atoms with Crippen molar-refractivity contribution in [2.75, 3.05) is 7.11 Å². The predicted octanol–water partition coefficient (Wildman–Crippen LogP) is 2.33. The number of ether oxygens (including phenoxy) is 1. The highest BCUT2D eigenvalue weighted by molar-refractivity contribution is 5.98. The summed E-state index contributed by atoms with van der Waals surface area (Å²) >= 11 is 0. The van der Waals surface area contributed by atoms with Crippen LogP contribution in [-0.2, 0) is 6.42 Å². The Morgan fingerprint density at radius 3 is 3.00 bits per heavy atom. The van der Waals surface area contributed by atoms with Gasteiger partial charge >= 0.3 is 0 Å². The van der Waals surface area contributed by atoms with Gasteiger partial charge in [-0.2, -0.15) is 5.10 Å². The fourth-order valence-corrected chi connectivity index (χ4v) is 2.58. The van der Waals surface area contributed by atoms with E-state index in [9.17, 15) is 4.79 Å². The van der Waals surface area contributed by atoms with E-state index >= 15 is 0 Å². The van der Waals surface area contributed by atoms with Gasteiger partial charge in [-0.15, -0.1) is 0 Å². The topological polar surface area (TPSA) is 55.0 Å². The van der Waals surface area contributed by atoms with Crippen LogP contribution in [0.3, 0.4) is 0 Å². The molecule has 0 saturated heterocycles. The molecule has 3 rings (SSSR count). The minimum atomic E-state index is 0.154. The number of carbonyl (C=O) groups excluding carboxylic acids is 1. The van der Waals surface area contributed by atoms with Gasteiger partial charge in [-0.3, -0.25) is 9.89 Å². The summed E-state index contributed by atoms with van der Waals surface area (Å²) in [6, 6.07) is 7.87. The zero-order valence-electron chi connectivity index (χ0n) is 10.1. The average molecular weight is 242 g/mol. The maximum absolute atomic E-state index is 12.0. The third kappa shape index (κ3) is 1.70. The second-order valence-electron chi connectivity index (χ2n) is 4.53. The lowest BCUT2D eigenvalue weighted by Gasteiger charge is -2.22. The minimum Gasteiger partial charge on any atom is -0.496 e. The third-order valence-electron chi connectivity index (χ3n) is 3.48. The fraction of sp³-hybridized carbons (Fsp3) is 0.286. The highest BCUT2D eigenvalue weighted by Gasteiger charge is 2.29. The molecule has 1 aliphatic rings. The van der Waals surface area contributed by atoms with E-state index in [4.69, 9.17) is 4.74 Å². The molecule has 1 aromatic heterocycles. The molecule has 1 N–H and O–H groups in total. The van der Waals surface area contributed by atoms with Crippen molar-refractivity contribution in [3.63, 3.8) is 0 Å². The van der Waals surface area contributed by atoms with Crippen molar-refractivity contribution in [2.45, 2.75) is 18.8 Å². The number of hydrogen-bond donors (Lipinski definition) is 1. The SMILES string of the molecule is COc1ccccc1C1CC(=O)c2cn[nH]c2C1. The van der Waals surface area contributed by atoms with Crippen LogP contribution in [0.4, 0.5) is 0 Å². The molecule has 1 aliphatic carbocycles. The number of H-pyrrole nitrogens is 1. The maximum Gasteiger partial charge on any atom is 0.166 e. The Morgan fingerprint density at radius 1 is 1.33 bits per heavy atom. The molecule has 0 spiro atoms. The van der Waals surface area contributed by atoms with Crippen molar-refractivity contribution in [2.24, 2.45) is 0 Å². The van der Waals surface area contributed by atoms with Gasteiger partial charge in [0.25, 0.3) is 0 Å². The number of aromatic amines is 1. The molecule has 92 valence electrons. The molecule has 4 heteroatoms. The van der Waals surface area contributed by atoms with Crippen molar-refractivity contribution in [1.29, 1.82) is 0 Å². The molecule has 2 aromatic rings. The molecule has 1 aromatic carbocycles. The molecule has 4 nitrogen and oxygen atoms in total. The molecule has 0 saturated carbocycles. The minimum absolute atomic E-state index is 0.154. The zero-order valence-corrected chi connectivity index (χ0v) is 10.1. The molecule has 0 aliphatic heterocycles. The van der Waals surface area contributed by atoms with Crippen LogP contribution in [0, 0.1) is 0 Å². The first-order valence-electron chi connectivity index (χ1n) is 5.98. The monoisotopic (exact) mass is 242 g/mol.